The number of anilines is 1. The summed E-state index contributed by atoms with van der Waals surface area (Å²) < 4.78 is 15.4. The lowest BCUT2D eigenvalue weighted by Gasteiger charge is -2.12. The summed E-state index contributed by atoms with van der Waals surface area (Å²) in [5, 5.41) is 3.46. The van der Waals surface area contributed by atoms with Gasteiger partial charge in [0.15, 0.2) is 0 Å². The molecule has 5 nitrogen and oxygen atoms in total. The Labute approximate surface area is 162 Å². The SMILES string of the molecule is Fc1ccc(-c2nc3ccccn3c2-c2ccnc(NC3CCCC3)n2)cc1. The summed E-state index contributed by atoms with van der Waals surface area (Å²) >= 11 is 0. The van der Waals surface area contributed by atoms with Gasteiger partial charge in [-0.05, 0) is 55.3 Å². The van der Waals surface area contributed by atoms with Crippen LogP contribution in [0.5, 0.6) is 0 Å². The lowest BCUT2D eigenvalue weighted by Crippen LogP contribution is -2.16. The van der Waals surface area contributed by atoms with Gasteiger partial charge < -0.3 is 5.32 Å². The van der Waals surface area contributed by atoms with Crippen LogP contribution in [0.2, 0.25) is 0 Å². The minimum Gasteiger partial charge on any atom is -0.351 e. The zero-order chi connectivity index (χ0) is 18.9. The highest BCUT2D eigenvalue weighted by molar-refractivity contribution is 5.80. The molecule has 1 N–H and O–H groups in total. The van der Waals surface area contributed by atoms with Gasteiger partial charge in [-0.2, -0.15) is 0 Å². The predicted octanol–water partition coefficient (Wildman–Crippen LogP) is 4.95. The van der Waals surface area contributed by atoms with Crippen molar-refractivity contribution in [2.45, 2.75) is 31.7 Å². The second kappa shape index (κ2) is 7.03. The molecule has 1 aliphatic rings. The first-order valence-corrected chi connectivity index (χ1v) is 9.61. The van der Waals surface area contributed by atoms with Crippen molar-refractivity contribution in [2.24, 2.45) is 0 Å². The molecule has 0 spiro atoms. The number of hydrogen-bond acceptors (Lipinski definition) is 4. The van der Waals surface area contributed by atoms with Crippen molar-refractivity contribution >= 4 is 11.6 Å². The number of halogens is 1. The van der Waals surface area contributed by atoms with Gasteiger partial charge in [0.1, 0.15) is 11.5 Å². The Morgan fingerprint density at radius 2 is 1.79 bits per heavy atom. The smallest absolute Gasteiger partial charge is 0.223 e. The third-order valence-electron chi connectivity index (χ3n) is 5.23. The van der Waals surface area contributed by atoms with E-state index in [-0.39, 0.29) is 5.82 Å². The number of fused-ring (bicyclic) bond motifs is 1. The number of hydrogen-bond donors (Lipinski definition) is 1. The number of benzene rings is 1. The van der Waals surface area contributed by atoms with Gasteiger partial charge in [-0.3, -0.25) is 4.40 Å². The summed E-state index contributed by atoms with van der Waals surface area (Å²) in [5.41, 5.74) is 4.11. The summed E-state index contributed by atoms with van der Waals surface area (Å²) in [5.74, 6) is 0.375. The number of nitrogens with zero attached hydrogens (tertiary/aromatic N) is 4. The van der Waals surface area contributed by atoms with Crippen LogP contribution in [-0.2, 0) is 0 Å². The van der Waals surface area contributed by atoms with Gasteiger partial charge in [-0.25, -0.2) is 19.3 Å². The van der Waals surface area contributed by atoms with E-state index in [9.17, 15) is 4.39 Å². The Bertz CT molecular complexity index is 1110. The van der Waals surface area contributed by atoms with Crippen LogP contribution >= 0.6 is 0 Å². The summed E-state index contributed by atoms with van der Waals surface area (Å²) in [4.78, 5) is 14.0. The molecule has 4 aromatic rings. The first kappa shape index (κ1) is 16.9. The first-order valence-electron chi connectivity index (χ1n) is 9.61. The number of aromatic nitrogens is 4. The second-order valence-corrected chi connectivity index (χ2v) is 7.14. The van der Waals surface area contributed by atoms with Gasteiger partial charge in [0.25, 0.3) is 0 Å². The Balaban J connectivity index is 1.63. The van der Waals surface area contributed by atoms with Crippen LogP contribution in [0.3, 0.4) is 0 Å². The Morgan fingerprint density at radius 3 is 2.61 bits per heavy atom. The van der Waals surface area contributed by atoms with E-state index in [0.717, 1.165) is 41.1 Å². The fourth-order valence-electron chi connectivity index (χ4n) is 3.86. The highest BCUT2D eigenvalue weighted by Gasteiger charge is 2.19. The molecule has 0 atom stereocenters. The van der Waals surface area contributed by atoms with Gasteiger partial charge in [0.2, 0.25) is 5.95 Å². The molecule has 5 rings (SSSR count). The van der Waals surface area contributed by atoms with Crippen LogP contribution in [0.1, 0.15) is 25.7 Å². The molecule has 0 unspecified atom stereocenters. The second-order valence-electron chi connectivity index (χ2n) is 7.14. The largest absolute Gasteiger partial charge is 0.351 e. The molecule has 1 fully saturated rings. The average Bonchev–Trinajstić information content (AvgIpc) is 3.36. The highest BCUT2D eigenvalue weighted by Crippen LogP contribution is 2.32. The van der Waals surface area contributed by atoms with E-state index in [2.05, 4.69) is 10.3 Å². The van der Waals surface area contributed by atoms with Crippen LogP contribution in [-0.4, -0.2) is 25.4 Å². The average molecular weight is 373 g/mol. The standard InChI is InChI=1S/C22H20FN5/c23-16-10-8-15(9-11-16)20-21(28-14-4-3-7-19(28)27-20)18-12-13-24-22(26-18)25-17-5-1-2-6-17/h3-4,7-14,17H,1-2,5-6H2,(H,24,25,26). The Hall–Kier alpha value is -3.28. The summed E-state index contributed by atoms with van der Waals surface area (Å²) in [6.45, 7) is 0. The topological polar surface area (TPSA) is 55.1 Å². The van der Waals surface area contributed by atoms with E-state index in [1.54, 1.807) is 18.3 Å². The summed E-state index contributed by atoms with van der Waals surface area (Å²) in [6.07, 6.45) is 8.56. The van der Waals surface area contributed by atoms with E-state index in [1.165, 1.54) is 25.0 Å². The first-order chi connectivity index (χ1) is 13.8. The maximum absolute atomic E-state index is 13.4. The van der Waals surface area contributed by atoms with Crippen molar-refractivity contribution < 1.29 is 4.39 Å². The molecule has 0 radical (unpaired) electrons. The molecule has 3 heterocycles. The van der Waals surface area contributed by atoms with Crippen molar-refractivity contribution in [3.05, 3.63) is 66.7 Å². The van der Waals surface area contributed by atoms with Crippen LogP contribution in [0.25, 0.3) is 28.3 Å². The maximum atomic E-state index is 13.4. The number of pyridine rings is 1. The molecule has 1 saturated carbocycles. The van der Waals surface area contributed by atoms with E-state index in [4.69, 9.17) is 9.97 Å². The lowest BCUT2D eigenvalue weighted by molar-refractivity contribution is 0.628. The number of nitrogens with one attached hydrogen (secondary N) is 1. The van der Waals surface area contributed by atoms with Gasteiger partial charge in [-0.1, -0.05) is 18.9 Å². The van der Waals surface area contributed by atoms with Gasteiger partial charge in [0, 0.05) is 24.0 Å². The minimum atomic E-state index is -0.265. The van der Waals surface area contributed by atoms with E-state index < -0.39 is 0 Å². The Morgan fingerprint density at radius 1 is 0.964 bits per heavy atom. The third-order valence-corrected chi connectivity index (χ3v) is 5.23. The molecule has 3 aromatic heterocycles. The molecule has 0 aliphatic heterocycles. The molecular formula is C22H20FN5. The van der Waals surface area contributed by atoms with Gasteiger partial charge in [-0.15, -0.1) is 0 Å². The Kier molecular flexibility index (Phi) is 4.24. The third kappa shape index (κ3) is 3.11. The lowest BCUT2D eigenvalue weighted by atomic mass is 10.1. The molecule has 28 heavy (non-hydrogen) atoms. The molecule has 0 saturated heterocycles. The van der Waals surface area contributed by atoms with Crippen LogP contribution < -0.4 is 5.32 Å². The summed E-state index contributed by atoms with van der Waals surface area (Å²) in [6, 6.07) is 14.6. The zero-order valence-corrected chi connectivity index (χ0v) is 15.3. The van der Waals surface area contributed by atoms with Crippen LogP contribution in [0, 0.1) is 5.82 Å². The fourth-order valence-corrected chi connectivity index (χ4v) is 3.86. The number of rotatable bonds is 4. The van der Waals surface area contributed by atoms with E-state index >= 15 is 0 Å². The maximum Gasteiger partial charge on any atom is 0.223 e. The normalized spacial score (nSPS) is 14.6. The molecule has 1 aromatic carbocycles. The molecule has 0 bridgehead atoms. The zero-order valence-electron chi connectivity index (χ0n) is 15.3. The predicted molar refractivity (Wildman–Crippen MR) is 107 cm³/mol. The fraction of sp³-hybridized carbons (Fsp3) is 0.227. The van der Waals surface area contributed by atoms with Crippen molar-refractivity contribution in [2.75, 3.05) is 5.32 Å². The molecule has 6 heteroatoms. The summed E-state index contributed by atoms with van der Waals surface area (Å²) in [7, 11) is 0. The van der Waals surface area contributed by atoms with Crippen molar-refractivity contribution in [3.8, 4) is 22.6 Å². The number of imidazole rings is 1. The van der Waals surface area contributed by atoms with Gasteiger partial charge >= 0.3 is 0 Å². The molecule has 140 valence electrons. The van der Waals surface area contributed by atoms with E-state index in [1.807, 2.05) is 34.9 Å². The minimum absolute atomic E-state index is 0.265. The highest BCUT2D eigenvalue weighted by atomic mass is 19.1. The van der Waals surface area contributed by atoms with Gasteiger partial charge in [0.05, 0.1) is 17.1 Å². The van der Waals surface area contributed by atoms with Crippen molar-refractivity contribution in [1.82, 2.24) is 19.4 Å². The van der Waals surface area contributed by atoms with Crippen molar-refractivity contribution in [1.29, 1.82) is 0 Å². The van der Waals surface area contributed by atoms with E-state index in [0.29, 0.717) is 12.0 Å². The molecule has 0 amide bonds. The quantitative estimate of drug-likeness (QED) is 0.550. The molecular weight excluding hydrogens is 353 g/mol. The van der Waals surface area contributed by atoms with Crippen LogP contribution in [0.15, 0.2) is 60.9 Å². The monoisotopic (exact) mass is 373 g/mol. The van der Waals surface area contributed by atoms with Crippen LogP contribution in [0.4, 0.5) is 10.3 Å². The molecule has 1 aliphatic carbocycles. The van der Waals surface area contributed by atoms with Crippen molar-refractivity contribution in [3.63, 3.8) is 0 Å².